The van der Waals surface area contributed by atoms with Gasteiger partial charge in [-0.15, -0.1) is 0 Å². The molecule has 0 bridgehead atoms. The predicted molar refractivity (Wildman–Crippen MR) is 75.5 cm³/mol. The molecule has 0 radical (unpaired) electrons. The Hall–Kier alpha value is -0.610. The van der Waals surface area contributed by atoms with Crippen LogP contribution in [-0.2, 0) is 4.79 Å². The molecule has 4 atom stereocenters. The fourth-order valence-corrected chi connectivity index (χ4v) is 3.79. The molecule has 1 amide bonds. The first-order valence-electron chi connectivity index (χ1n) is 7.73. The van der Waals surface area contributed by atoms with E-state index < -0.39 is 0 Å². The SMILES string of the molecule is CC1CCCC(CO)(NC(=O)C2CCCC(N)C2)C1. The van der Waals surface area contributed by atoms with Crippen LogP contribution in [0, 0.1) is 11.8 Å². The highest BCUT2D eigenvalue weighted by Crippen LogP contribution is 2.33. The van der Waals surface area contributed by atoms with Crippen LogP contribution in [0.15, 0.2) is 0 Å². The summed E-state index contributed by atoms with van der Waals surface area (Å²) in [6.45, 7) is 2.26. The lowest BCUT2D eigenvalue weighted by atomic mass is 9.76. The molecule has 4 unspecified atom stereocenters. The number of carbonyl (C=O) groups excluding carboxylic acids is 1. The summed E-state index contributed by atoms with van der Waals surface area (Å²) in [6.07, 6.45) is 7.90. The van der Waals surface area contributed by atoms with Gasteiger partial charge in [0, 0.05) is 12.0 Å². The number of hydrogen-bond acceptors (Lipinski definition) is 3. The highest BCUT2D eigenvalue weighted by atomic mass is 16.3. The number of amides is 1. The van der Waals surface area contributed by atoms with Crippen LogP contribution in [0.25, 0.3) is 0 Å². The minimum absolute atomic E-state index is 0.0457. The predicted octanol–water partition coefficient (Wildman–Crippen LogP) is 1.56. The molecule has 2 rings (SSSR count). The van der Waals surface area contributed by atoms with Crippen LogP contribution in [0.1, 0.15) is 58.3 Å². The number of aliphatic hydroxyl groups is 1. The second-order valence-corrected chi connectivity index (χ2v) is 6.75. The molecule has 2 fully saturated rings. The maximum Gasteiger partial charge on any atom is 0.223 e. The monoisotopic (exact) mass is 268 g/mol. The molecule has 4 N–H and O–H groups in total. The quantitative estimate of drug-likeness (QED) is 0.727. The fraction of sp³-hybridized carbons (Fsp3) is 0.933. The lowest BCUT2D eigenvalue weighted by Crippen LogP contribution is -2.56. The van der Waals surface area contributed by atoms with Gasteiger partial charge in [-0.1, -0.05) is 26.2 Å². The molecule has 2 aliphatic carbocycles. The van der Waals surface area contributed by atoms with Crippen LogP contribution in [-0.4, -0.2) is 29.2 Å². The summed E-state index contributed by atoms with van der Waals surface area (Å²) in [5, 5.41) is 12.9. The second-order valence-electron chi connectivity index (χ2n) is 6.75. The molecule has 0 heterocycles. The summed E-state index contributed by atoms with van der Waals surface area (Å²) in [5.74, 6) is 0.734. The summed E-state index contributed by atoms with van der Waals surface area (Å²) in [6, 6.07) is 0.167. The van der Waals surface area contributed by atoms with Crippen molar-refractivity contribution in [2.45, 2.75) is 69.9 Å². The molecule has 0 aromatic carbocycles. The molecule has 2 aliphatic rings. The van der Waals surface area contributed by atoms with Gasteiger partial charge in [0.2, 0.25) is 5.91 Å². The van der Waals surface area contributed by atoms with Crippen LogP contribution in [0.2, 0.25) is 0 Å². The van der Waals surface area contributed by atoms with Gasteiger partial charge < -0.3 is 16.2 Å². The number of nitrogens with one attached hydrogen (secondary N) is 1. The van der Waals surface area contributed by atoms with E-state index in [0.29, 0.717) is 5.92 Å². The van der Waals surface area contributed by atoms with Gasteiger partial charge in [0.25, 0.3) is 0 Å². The number of nitrogens with two attached hydrogens (primary N) is 1. The molecule has 0 aromatic heterocycles. The zero-order chi connectivity index (χ0) is 13.9. The minimum Gasteiger partial charge on any atom is -0.394 e. The summed E-state index contributed by atoms with van der Waals surface area (Å²) < 4.78 is 0. The number of rotatable bonds is 3. The average Bonchev–Trinajstić information content (AvgIpc) is 2.38. The van der Waals surface area contributed by atoms with Gasteiger partial charge >= 0.3 is 0 Å². The molecule has 4 heteroatoms. The third-order valence-electron chi connectivity index (χ3n) is 4.87. The Morgan fingerprint density at radius 1 is 1.37 bits per heavy atom. The molecule has 110 valence electrons. The molecular weight excluding hydrogens is 240 g/mol. The van der Waals surface area contributed by atoms with Crippen molar-refractivity contribution in [3.05, 3.63) is 0 Å². The van der Waals surface area contributed by atoms with Gasteiger partial charge in [0.15, 0.2) is 0 Å². The fourth-order valence-electron chi connectivity index (χ4n) is 3.79. The van der Waals surface area contributed by atoms with Crippen molar-refractivity contribution in [1.29, 1.82) is 0 Å². The van der Waals surface area contributed by atoms with Crippen LogP contribution in [0.5, 0.6) is 0 Å². The molecule has 0 aliphatic heterocycles. The zero-order valence-electron chi connectivity index (χ0n) is 12.0. The molecule has 0 spiro atoms. The van der Waals surface area contributed by atoms with Crippen LogP contribution >= 0.6 is 0 Å². The number of hydrogen-bond donors (Lipinski definition) is 3. The summed E-state index contributed by atoms with van der Waals surface area (Å²) in [5.41, 5.74) is 5.58. The maximum absolute atomic E-state index is 12.4. The topological polar surface area (TPSA) is 75.3 Å². The van der Waals surface area contributed by atoms with E-state index in [1.807, 2.05) is 0 Å². The number of aliphatic hydroxyl groups excluding tert-OH is 1. The highest BCUT2D eigenvalue weighted by Gasteiger charge is 2.37. The summed E-state index contributed by atoms with van der Waals surface area (Å²) in [7, 11) is 0. The first-order chi connectivity index (χ1) is 9.04. The Balaban J connectivity index is 1.95. The third-order valence-corrected chi connectivity index (χ3v) is 4.87. The van der Waals surface area contributed by atoms with E-state index in [0.717, 1.165) is 44.9 Å². The first-order valence-corrected chi connectivity index (χ1v) is 7.73. The zero-order valence-corrected chi connectivity index (χ0v) is 12.0. The van der Waals surface area contributed by atoms with Gasteiger partial charge in [0.1, 0.15) is 0 Å². The highest BCUT2D eigenvalue weighted by molar-refractivity contribution is 5.79. The normalized spacial score (nSPS) is 39.8. The molecule has 0 aromatic rings. The Labute approximate surface area is 116 Å². The Bertz CT molecular complexity index is 321. The Morgan fingerprint density at radius 3 is 2.79 bits per heavy atom. The van der Waals surface area contributed by atoms with E-state index >= 15 is 0 Å². The van der Waals surface area contributed by atoms with Crippen molar-refractivity contribution >= 4 is 5.91 Å². The van der Waals surface area contributed by atoms with E-state index in [2.05, 4.69) is 12.2 Å². The van der Waals surface area contributed by atoms with Crippen molar-refractivity contribution in [3.8, 4) is 0 Å². The standard InChI is InChI=1S/C15H28N2O2/c1-11-4-3-7-15(9-11,10-18)17-14(19)12-5-2-6-13(16)8-12/h11-13,18H,2-10,16H2,1H3,(H,17,19). The molecule has 0 saturated heterocycles. The Kier molecular flexibility index (Phi) is 4.85. The van der Waals surface area contributed by atoms with E-state index in [1.54, 1.807) is 0 Å². The minimum atomic E-state index is -0.379. The average molecular weight is 268 g/mol. The van der Waals surface area contributed by atoms with E-state index in [4.69, 9.17) is 5.73 Å². The summed E-state index contributed by atoms with van der Waals surface area (Å²) >= 11 is 0. The van der Waals surface area contributed by atoms with E-state index in [9.17, 15) is 9.90 Å². The lowest BCUT2D eigenvalue weighted by molar-refractivity contribution is -0.129. The van der Waals surface area contributed by atoms with Crippen molar-refractivity contribution < 1.29 is 9.90 Å². The second kappa shape index (κ2) is 6.23. The number of carbonyl (C=O) groups is 1. The third kappa shape index (κ3) is 3.69. The first kappa shape index (κ1) is 14.8. The Morgan fingerprint density at radius 2 is 2.16 bits per heavy atom. The summed E-state index contributed by atoms with van der Waals surface area (Å²) in [4.78, 5) is 12.4. The van der Waals surface area contributed by atoms with Gasteiger partial charge in [-0.25, -0.2) is 0 Å². The largest absolute Gasteiger partial charge is 0.394 e. The van der Waals surface area contributed by atoms with Gasteiger partial charge in [0.05, 0.1) is 12.1 Å². The molecule has 2 saturated carbocycles. The van der Waals surface area contributed by atoms with Crippen molar-refractivity contribution in [2.75, 3.05) is 6.61 Å². The van der Waals surface area contributed by atoms with Crippen molar-refractivity contribution in [3.63, 3.8) is 0 Å². The van der Waals surface area contributed by atoms with Crippen LogP contribution in [0.4, 0.5) is 0 Å². The van der Waals surface area contributed by atoms with Crippen LogP contribution in [0.3, 0.4) is 0 Å². The molecule has 4 nitrogen and oxygen atoms in total. The van der Waals surface area contributed by atoms with Crippen LogP contribution < -0.4 is 11.1 Å². The maximum atomic E-state index is 12.4. The van der Waals surface area contributed by atoms with Crippen molar-refractivity contribution in [2.24, 2.45) is 17.6 Å². The van der Waals surface area contributed by atoms with Gasteiger partial charge in [-0.05, 0) is 38.0 Å². The van der Waals surface area contributed by atoms with Crippen molar-refractivity contribution in [1.82, 2.24) is 5.32 Å². The molecular formula is C15H28N2O2. The smallest absolute Gasteiger partial charge is 0.223 e. The lowest BCUT2D eigenvalue weighted by Gasteiger charge is -2.40. The molecule has 19 heavy (non-hydrogen) atoms. The van der Waals surface area contributed by atoms with Gasteiger partial charge in [-0.2, -0.15) is 0 Å². The van der Waals surface area contributed by atoms with E-state index in [1.165, 1.54) is 6.42 Å². The van der Waals surface area contributed by atoms with Gasteiger partial charge in [-0.3, -0.25) is 4.79 Å². The van der Waals surface area contributed by atoms with E-state index in [-0.39, 0.29) is 30.0 Å².